The van der Waals surface area contributed by atoms with Crippen LogP contribution in [0.25, 0.3) is 11.1 Å². The predicted octanol–water partition coefficient (Wildman–Crippen LogP) is 13.2. The molecule has 8 rings (SSSR count). The van der Waals surface area contributed by atoms with Gasteiger partial charge in [-0.05, 0) is 124 Å². The first-order valence-electron chi connectivity index (χ1n) is 24.0. The highest BCUT2D eigenvalue weighted by Gasteiger charge is 2.32. The number of ether oxygens (including phenoxy) is 1. The van der Waals surface area contributed by atoms with Crippen molar-refractivity contribution in [1.29, 1.82) is 0 Å². The van der Waals surface area contributed by atoms with Crippen molar-refractivity contribution in [3.63, 3.8) is 0 Å². The van der Waals surface area contributed by atoms with Gasteiger partial charge in [-0.25, -0.2) is 4.79 Å². The van der Waals surface area contributed by atoms with Crippen molar-refractivity contribution in [2.24, 2.45) is 0 Å². The SMILES string of the molecule is C=C(CCCC)c1ccc(C(NC(=C)C(CCCC)NC(=O)CCc2ccc3c(c2)CCc2ccccc2C3NC(=O)OCC2C3=C(CCC=C3)c3ccccc32)c2ccccc2)cc1. The highest BCUT2D eigenvalue weighted by molar-refractivity contribution is 5.82. The van der Waals surface area contributed by atoms with Crippen LogP contribution in [0.5, 0.6) is 0 Å². The lowest BCUT2D eigenvalue weighted by molar-refractivity contribution is -0.121. The van der Waals surface area contributed by atoms with Crippen LogP contribution in [-0.2, 0) is 28.8 Å². The van der Waals surface area contributed by atoms with Gasteiger partial charge in [0.2, 0.25) is 5.91 Å². The summed E-state index contributed by atoms with van der Waals surface area (Å²) in [5.74, 6) is 0.0326. The maximum absolute atomic E-state index is 13.8. The van der Waals surface area contributed by atoms with E-state index in [1.807, 2.05) is 12.1 Å². The molecule has 3 aliphatic carbocycles. The summed E-state index contributed by atoms with van der Waals surface area (Å²) >= 11 is 0. The second kappa shape index (κ2) is 21.5. The second-order valence-corrected chi connectivity index (χ2v) is 18.0. The molecule has 2 amide bonds. The number of carbonyl (C=O) groups is 2. The fraction of sp³-hybridized carbons (Fsp3) is 0.322. The maximum Gasteiger partial charge on any atom is 0.407 e. The monoisotopic (exact) mass is 864 g/mol. The van der Waals surface area contributed by atoms with Crippen molar-refractivity contribution in [3.05, 3.63) is 214 Å². The number of amides is 2. The molecule has 0 heterocycles. The highest BCUT2D eigenvalue weighted by atomic mass is 16.5. The van der Waals surface area contributed by atoms with Crippen molar-refractivity contribution < 1.29 is 14.3 Å². The van der Waals surface area contributed by atoms with E-state index in [4.69, 9.17) is 4.74 Å². The third kappa shape index (κ3) is 10.8. The van der Waals surface area contributed by atoms with Crippen LogP contribution in [0, 0.1) is 0 Å². The van der Waals surface area contributed by atoms with Gasteiger partial charge in [-0.2, -0.15) is 0 Å². The lowest BCUT2D eigenvalue weighted by Crippen LogP contribution is -2.41. The molecule has 0 spiro atoms. The molecule has 5 aromatic rings. The molecule has 334 valence electrons. The molecule has 0 aromatic heterocycles. The van der Waals surface area contributed by atoms with Gasteiger partial charge in [0.25, 0.3) is 0 Å². The quantitative estimate of drug-likeness (QED) is 0.0773. The zero-order valence-corrected chi connectivity index (χ0v) is 38.3. The average Bonchev–Trinajstić information content (AvgIpc) is 3.58. The minimum atomic E-state index is -0.421. The van der Waals surface area contributed by atoms with E-state index >= 15 is 0 Å². The fourth-order valence-electron chi connectivity index (χ4n) is 9.99. The number of allylic oxidation sites excluding steroid dienone is 4. The van der Waals surface area contributed by atoms with Crippen LogP contribution in [-0.4, -0.2) is 24.6 Å². The third-order valence-corrected chi connectivity index (χ3v) is 13.6. The number of unbranched alkanes of at least 4 members (excludes halogenated alkanes) is 2. The smallest absolute Gasteiger partial charge is 0.407 e. The van der Waals surface area contributed by atoms with Gasteiger partial charge < -0.3 is 20.7 Å². The van der Waals surface area contributed by atoms with E-state index in [0.717, 1.165) is 97.7 Å². The van der Waals surface area contributed by atoms with Crippen molar-refractivity contribution >= 4 is 23.1 Å². The number of fused-ring (bicyclic) bond motifs is 4. The Bertz CT molecular complexity index is 2550. The molecule has 0 fully saturated rings. The van der Waals surface area contributed by atoms with Crippen LogP contribution in [0.3, 0.4) is 0 Å². The summed E-state index contributed by atoms with van der Waals surface area (Å²) in [7, 11) is 0. The summed E-state index contributed by atoms with van der Waals surface area (Å²) in [5.41, 5.74) is 16.2. The zero-order valence-electron chi connectivity index (χ0n) is 38.3. The van der Waals surface area contributed by atoms with Crippen molar-refractivity contribution in [1.82, 2.24) is 16.0 Å². The Kier molecular flexibility index (Phi) is 15.0. The molecular formula is C59H65N3O3. The van der Waals surface area contributed by atoms with Gasteiger partial charge in [0, 0.05) is 18.0 Å². The third-order valence-electron chi connectivity index (χ3n) is 13.6. The predicted molar refractivity (Wildman–Crippen MR) is 266 cm³/mol. The molecular weight excluding hydrogens is 799 g/mol. The van der Waals surface area contributed by atoms with E-state index in [2.05, 4.69) is 164 Å². The maximum atomic E-state index is 13.8. The molecule has 6 nitrogen and oxygen atoms in total. The van der Waals surface area contributed by atoms with Gasteiger partial charge in [0.05, 0.1) is 18.1 Å². The summed E-state index contributed by atoms with van der Waals surface area (Å²) < 4.78 is 6.08. The normalized spacial score (nSPS) is 16.8. The summed E-state index contributed by atoms with van der Waals surface area (Å²) in [6, 6.07) is 41.9. The van der Waals surface area contributed by atoms with Crippen LogP contribution in [0.1, 0.15) is 145 Å². The number of hydrogen-bond donors (Lipinski definition) is 3. The first-order valence-corrected chi connectivity index (χ1v) is 24.0. The molecule has 5 aromatic carbocycles. The molecule has 3 N–H and O–H groups in total. The van der Waals surface area contributed by atoms with Crippen molar-refractivity contribution in [3.8, 4) is 0 Å². The number of benzene rings is 5. The number of rotatable bonds is 19. The number of carbonyl (C=O) groups excluding carboxylic acids is 2. The van der Waals surface area contributed by atoms with Crippen molar-refractivity contribution in [2.45, 2.75) is 115 Å². The van der Waals surface area contributed by atoms with Crippen LogP contribution in [0.2, 0.25) is 0 Å². The average molecular weight is 864 g/mol. The Morgan fingerprint density at radius 2 is 1.43 bits per heavy atom. The molecule has 0 radical (unpaired) electrons. The summed E-state index contributed by atoms with van der Waals surface area (Å²) in [6.45, 7) is 13.5. The van der Waals surface area contributed by atoms with Crippen LogP contribution < -0.4 is 16.0 Å². The lowest BCUT2D eigenvalue weighted by Gasteiger charge is -2.28. The van der Waals surface area contributed by atoms with Gasteiger partial charge in [-0.15, -0.1) is 0 Å². The lowest BCUT2D eigenvalue weighted by atomic mass is 9.92. The first kappa shape index (κ1) is 45.2. The van der Waals surface area contributed by atoms with Gasteiger partial charge in [-0.3, -0.25) is 4.79 Å². The van der Waals surface area contributed by atoms with E-state index < -0.39 is 6.09 Å². The summed E-state index contributed by atoms with van der Waals surface area (Å²) in [6.07, 6.45) is 14.8. The highest BCUT2D eigenvalue weighted by Crippen LogP contribution is 2.46. The molecule has 6 heteroatoms. The zero-order chi connectivity index (χ0) is 45.1. The molecule has 0 bridgehead atoms. The number of aryl methyl sites for hydroxylation is 3. The fourth-order valence-corrected chi connectivity index (χ4v) is 9.99. The van der Waals surface area contributed by atoms with E-state index in [0.29, 0.717) is 12.8 Å². The van der Waals surface area contributed by atoms with Gasteiger partial charge in [0.1, 0.15) is 6.61 Å². The number of hydrogen-bond acceptors (Lipinski definition) is 4. The molecule has 3 aliphatic rings. The molecule has 4 unspecified atom stereocenters. The van der Waals surface area contributed by atoms with E-state index in [9.17, 15) is 9.59 Å². The van der Waals surface area contributed by atoms with Gasteiger partial charge in [-0.1, -0.05) is 180 Å². The topological polar surface area (TPSA) is 79.5 Å². The van der Waals surface area contributed by atoms with E-state index in [1.165, 1.54) is 44.5 Å². The van der Waals surface area contributed by atoms with Crippen molar-refractivity contribution in [2.75, 3.05) is 6.61 Å². The van der Waals surface area contributed by atoms with Gasteiger partial charge >= 0.3 is 6.09 Å². The Hall–Kier alpha value is -6.40. The number of nitrogens with one attached hydrogen (secondary N) is 3. The Morgan fingerprint density at radius 1 is 0.723 bits per heavy atom. The minimum Gasteiger partial charge on any atom is -0.449 e. The van der Waals surface area contributed by atoms with Crippen LogP contribution in [0.4, 0.5) is 4.79 Å². The number of alkyl carbamates (subject to hydrolysis) is 1. The molecule has 4 atom stereocenters. The largest absolute Gasteiger partial charge is 0.449 e. The first-order chi connectivity index (χ1) is 31.8. The van der Waals surface area contributed by atoms with E-state index in [1.54, 1.807) is 0 Å². The van der Waals surface area contributed by atoms with Crippen LogP contribution in [0.15, 0.2) is 158 Å². The minimum absolute atomic E-state index is 0.00128. The summed E-state index contributed by atoms with van der Waals surface area (Å²) in [4.78, 5) is 27.6. The Morgan fingerprint density at radius 3 is 2.23 bits per heavy atom. The molecule has 0 saturated carbocycles. The van der Waals surface area contributed by atoms with Gasteiger partial charge in [0.15, 0.2) is 0 Å². The van der Waals surface area contributed by atoms with Crippen LogP contribution >= 0.6 is 0 Å². The second-order valence-electron chi connectivity index (χ2n) is 18.0. The summed E-state index contributed by atoms with van der Waals surface area (Å²) in [5, 5.41) is 10.4. The Labute approximate surface area is 387 Å². The standard InChI is InChI=1S/C59H65N3O3/c1-5-7-18-40(3)43-30-33-46(34-31-43)57(45-20-10-9-11-21-45)60-41(4)55(27-8-6-2)61-56(63)37-29-42-28-36-49-47(38-42)35-32-44-19-12-13-22-48(44)58(49)62-59(64)65-39-54-52-25-16-14-23-50(52)51-24-15-17-26-53(51)54/h9-14,16-17,19-23,25-26,28,30-31,33-34,36,38,54-55,57-58,60H,3-8,15,18,24,27,29,32,35,37,39H2,1-2H3,(H,61,63)(H,62,64). The van der Waals surface area contributed by atoms with E-state index in [-0.39, 0.29) is 36.6 Å². The molecule has 0 aliphatic heterocycles. The molecule has 65 heavy (non-hydrogen) atoms. The molecule has 0 saturated heterocycles. The Balaban J connectivity index is 0.925.